The van der Waals surface area contributed by atoms with Crippen molar-refractivity contribution in [3.63, 3.8) is 0 Å². The molecule has 19 heavy (non-hydrogen) atoms. The molecule has 0 fully saturated rings. The number of allylic oxidation sites excluding steroid dienone is 1. The molecule has 2 rings (SSSR count). The lowest BCUT2D eigenvalue weighted by Gasteiger charge is -2.11. The predicted octanol–water partition coefficient (Wildman–Crippen LogP) is 3.77. The summed E-state index contributed by atoms with van der Waals surface area (Å²) in [5.41, 5.74) is 8.91. The molecule has 0 saturated heterocycles. The third-order valence-electron chi connectivity index (χ3n) is 3.27. The number of hydrogen-bond acceptors (Lipinski definition) is 3. The number of benzene rings is 1. The number of aromatic nitrogens is 2. The van der Waals surface area contributed by atoms with Crippen LogP contribution in [0.4, 0.5) is 0 Å². The highest BCUT2D eigenvalue weighted by Crippen LogP contribution is 2.17. The van der Waals surface area contributed by atoms with Gasteiger partial charge in [0.25, 0.3) is 0 Å². The summed E-state index contributed by atoms with van der Waals surface area (Å²) in [4.78, 5) is 8.99. The molecule has 0 saturated carbocycles. The van der Waals surface area contributed by atoms with Crippen LogP contribution in [0.5, 0.6) is 0 Å². The van der Waals surface area contributed by atoms with Gasteiger partial charge in [-0.15, -0.1) is 6.58 Å². The van der Waals surface area contributed by atoms with Crippen LogP contribution in [-0.2, 0) is 0 Å². The SMILES string of the molecule is C=CCCCCCC(N)c1cnc2ccccc2n1. The fourth-order valence-corrected chi connectivity index (χ4v) is 2.13. The Balaban J connectivity index is 1.93. The summed E-state index contributed by atoms with van der Waals surface area (Å²) in [5, 5.41) is 0. The number of unbranched alkanes of at least 4 members (excludes halogenated alkanes) is 3. The van der Waals surface area contributed by atoms with Crippen LogP contribution >= 0.6 is 0 Å². The molecule has 0 radical (unpaired) electrons. The van der Waals surface area contributed by atoms with Gasteiger partial charge in [-0.05, 0) is 31.4 Å². The average Bonchev–Trinajstić information content (AvgIpc) is 2.46. The summed E-state index contributed by atoms with van der Waals surface area (Å²) >= 11 is 0. The van der Waals surface area contributed by atoms with Crippen molar-refractivity contribution in [3.8, 4) is 0 Å². The van der Waals surface area contributed by atoms with Crippen LogP contribution in [0.2, 0.25) is 0 Å². The zero-order chi connectivity index (χ0) is 13.5. The summed E-state index contributed by atoms with van der Waals surface area (Å²) < 4.78 is 0. The zero-order valence-corrected chi connectivity index (χ0v) is 11.3. The summed E-state index contributed by atoms with van der Waals surface area (Å²) in [6.45, 7) is 3.73. The van der Waals surface area contributed by atoms with Gasteiger partial charge in [0.15, 0.2) is 0 Å². The maximum absolute atomic E-state index is 6.18. The number of fused-ring (bicyclic) bond motifs is 1. The van der Waals surface area contributed by atoms with Crippen LogP contribution in [0.25, 0.3) is 11.0 Å². The molecule has 0 bridgehead atoms. The highest BCUT2D eigenvalue weighted by Gasteiger charge is 2.08. The van der Waals surface area contributed by atoms with Crippen LogP contribution < -0.4 is 5.73 Å². The largest absolute Gasteiger partial charge is 0.323 e. The first-order valence-corrected chi connectivity index (χ1v) is 6.89. The molecule has 3 nitrogen and oxygen atoms in total. The second-order valence-electron chi connectivity index (χ2n) is 4.82. The Morgan fingerprint density at radius 1 is 1.16 bits per heavy atom. The summed E-state index contributed by atoms with van der Waals surface area (Å²) in [7, 11) is 0. The highest BCUT2D eigenvalue weighted by atomic mass is 14.8. The monoisotopic (exact) mass is 255 g/mol. The molecule has 1 aromatic heterocycles. The molecular formula is C16H21N3. The first kappa shape index (κ1) is 13.7. The van der Waals surface area contributed by atoms with Gasteiger partial charge in [-0.2, -0.15) is 0 Å². The van der Waals surface area contributed by atoms with E-state index in [2.05, 4.69) is 16.5 Å². The third-order valence-corrected chi connectivity index (χ3v) is 3.27. The second kappa shape index (κ2) is 7.00. The number of para-hydroxylation sites is 2. The lowest BCUT2D eigenvalue weighted by Crippen LogP contribution is -2.12. The van der Waals surface area contributed by atoms with Gasteiger partial charge in [0.2, 0.25) is 0 Å². The topological polar surface area (TPSA) is 51.8 Å². The molecule has 1 atom stereocenters. The normalized spacial score (nSPS) is 12.5. The predicted molar refractivity (Wildman–Crippen MR) is 79.7 cm³/mol. The Hall–Kier alpha value is -1.74. The maximum atomic E-state index is 6.18. The first-order chi connectivity index (χ1) is 9.31. The Kier molecular flexibility index (Phi) is 5.04. The average molecular weight is 255 g/mol. The smallest absolute Gasteiger partial charge is 0.0890 e. The van der Waals surface area contributed by atoms with Gasteiger partial charge >= 0.3 is 0 Å². The molecule has 0 aliphatic carbocycles. The van der Waals surface area contributed by atoms with Crippen molar-refractivity contribution < 1.29 is 0 Å². The molecule has 1 unspecified atom stereocenters. The van der Waals surface area contributed by atoms with Gasteiger partial charge in [-0.3, -0.25) is 4.98 Å². The fourth-order valence-electron chi connectivity index (χ4n) is 2.13. The summed E-state index contributed by atoms with van der Waals surface area (Å²) in [5.74, 6) is 0. The second-order valence-corrected chi connectivity index (χ2v) is 4.82. The van der Waals surface area contributed by atoms with Crippen molar-refractivity contribution in [2.75, 3.05) is 0 Å². The minimum atomic E-state index is -0.0131. The minimum Gasteiger partial charge on any atom is -0.323 e. The van der Waals surface area contributed by atoms with Crippen molar-refractivity contribution in [1.82, 2.24) is 9.97 Å². The lowest BCUT2D eigenvalue weighted by molar-refractivity contribution is 0.563. The molecular weight excluding hydrogens is 234 g/mol. The molecule has 2 N–H and O–H groups in total. The van der Waals surface area contributed by atoms with E-state index < -0.39 is 0 Å². The van der Waals surface area contributed by atoms with Crippen LogP contribution in [0, 0.1) is 0 Å². The van der Waals surface area contributed by atoms with E-state index in [1.54, 1.807) is 6.20 Å². The van der Waals surface area contributed by atoms with E-state index in [1.807, 2.05) is 30.3 Å². The maximum Gasteiger partial charge on any atom is 0.0890 e. The van der Waals surface area contributed by atoms with Crippen LogP contribution in [0.15, 0.2) is 43.1 Å². The minimum absolute atomic E-state index is 0.0131. The highest BCUT2D eigenvalue weighted by molar-refractivity contribution is 5.73. The molecule has 2 aromatic rings. The van der Waals surface area contributed by atoms with E-state index in [9.17, 15) is 0 Å². The van der Waals surface area contributed by atoms with Crippen LogP contribution in [0.3, 0.4) is 0 Å². The van der Waals surface area contributed by atoms with Crippen molar-refractivity contribution in [3.05, 3.63) is 48.8 Å². The third kappa shape index (κ3) is 3.86. The zero-order valence-electron chi connectivity index (χ0n) is 11.3. The van der Waals surface area contributed by atoms with Gasteiger partial charge in [0.1, 0.15) is 0 Å². The molecule has 0 spiro atoms. The van der Waals surface area contributed by atoms with E-state index in [-0.39, 0.29) is 6.04 Å². The quantitative estimate of drug-likeness (QED) is 0.605. The standard InChI is InChI=1S/C16H21N3/c1-2-3-4-5-6-9-13(17)16-12-18-14-10-7-8-11-15(14)19-16/h2,7-8,10-13H,1,3-6,9,17H2. The lowest BCUT2D eigenvalue weighted by atomic mass is 10.1. The van der Waals surface area contributed by atoms with Crippen molar-refractivity contribution in [2.24, 2.45) is 5.73 Å². The molecule has 3 heteroatoms. The van der Waals surface area contributed by atoms with Gasteiger partial charge < -0.3 is 5.73 Å². The van der Waals surface area contributed by atoms with Crippen LogP contribution in [0.1, 0.15) is 43.8 Å². The molecule has 0 aliphatic rings. The van der Waals surface area contributed by atoms with E-state index >= 15 is 0 Å². The van der Waals surface area contributed by atoms with Gasteiger partial charge in [-0.1, -0.05) is 31.1 Å². The van der Waals surface area contributed by atoms with Crippen molar-refractivity contribution in [1.29, 1.82) is 0 Å². The van der Waals surface area contributed by atoms with E-state index in [4.69, 9.17) is 5.73 Å². The van der Waals surface area contributed by atoms with Gasteiger partial charge in [0, 0.05) is 6.04 Å². The Morgan fingerprint density at radius 2 is 1.95 bits per heavy atom. The summed E-state index contributed by atoms with van der Waals surface area (Å²) in [6.07, 6.45) is 9.34. The van der Waals surface area contributed by atoms with E-state index in [0.717, 1.165) is 36.0 Å². The summed E-state index contributed by atoms with van der Waals surface area (Å²) in [6, 6.07) is 7.87. The fraction of sp³-hybridized carbons (Fsp3) is 0.375. The molecule has 0 aliphatic heterocycles. The number of rotatable bonds is 7. The Bertz CT molecular complexity index is 536. The molecule has 1 aromatic carbocycles. The molecule has 100 valence electrons. The number of nitrogens with two attached hydrogens (primary N) is 1. The van der Waals surface area contributed by atoms with Gasteiger partial charge in [-0.25, -0.2) is 4.98 Å². The Morgan fingerprint density at radius 3 is 2.74 bits per heavy atom. The van der Waals surface area contributed by atoms with Gasteiger partial charge in [0.05, 0.1) is 22.9 Å². The van der Waals surface area contributed by atoms with E-state index in [0.29, 0.717) is 0 Å². The van der Waals surface area contributed by atoms with Crippen molar-refractivity contribution in [2.45, 2.75) is 38.1 Å². The van der Waals surface area contributed by atoms with Crippen LogP contribution in [-0.4, -0.2) is 9.97 Å². The first-order valence-electron chi connectivity index (χ1n) is 6.89. The van der Waals surface area contributed by atoms with E-state index in [1.165, 1.54) is 12.8 Å². The molecule has 0 amide bonds. The Labute approximate surface area is 114 Å². The number of nitrogens with zero attached hydrogens (tertiary/aromatic N) is 2. The van der Waals surface area contributed by atoms with Crippen molar-refractivity contribution >= 4 is 11.0 Å². The molecule has 1 heterocycles. The number of hydrogen-bond donors (Lipinski definition) is 1.